The molecule has 0 aromatic heterocycles. The standard InChI is InChI=1S/C36H64N8/c1-17-9-5-13-21-25(17)33-39-29(21)37-30-23-15-7-11-19(3)27(23)35(41-30)44-36-28-20(4)12-8-16-24(28)32(42-36)38-31-22-14-6-10-18(2)26(22)34(40-31)43-33/h17-44H,5-16H2,1-4H3. The predicted molar refractivity (Wildman–Crippen MR) is 175 cm³/mol. The smallest absolute Gasteiger partial charge is 0.0631 e. The van der Waals surface area contributed by atoms with E-state index in [0.29, 0.717) is 96.7 Å². The summed E-state index contributed by atoms with van der Waals surface area (Å²) in [6.45, 7) is 10.2. The first-order valence-corrected chi connectivity index (χ1v) is 19.5. The third-order valence-corrected chi connectivity index (χ3v) is 15.5. The van der Waals surface area contributed by atoms with Gasteiger partial charge in [0.05, 0.1) is 49.3 Å². The van der Waals surface area contributed by atoms with Gasteiger partial charge in [-0.3, -0.25) is 42.5 Å². The van der Waals surface area contributed by atoms with Gasteiger partial charge >= 0.3 is 0 Å². The summed E-state index contributed by atoms with van der Waals surface area (Å²) in [6, 6.07) is 0. The van der Waals surface area contributed by atoms with Crippen LogP contribution < -0.4 is 42.5 Å². The molecule has 0 radical (unpaired) electrons. The number of hydrogen-bond acceptors (Lipinski definition) is 8. The minimum Gasteiger partial charge on any atom is -0.286 e. The lowest BCUT2D eigenvalue weighted by Gasteiger charge is -2.40. The molecule has 4 aliphatic carbocycles. The summed E-state index contributed by atoms with van der Waals surface area (Å²) in [5.41, 5.74) is 0. The Hall–Kier alpha value is -0.320. The molecule has 5 saturated heterocycles. The van der Waals surface area contributed by atoms with Crippen molar-refractivity contribution in [3.63, 3.8) is 0 Å². The highest BCUT2D eigenvalue weighted by molar-refractivity contribution is 5.10. The van der Waals surface area contributed by atoms with Gasteiger partial charge in [-0.1, -0.05) is 79.1 Å². The zero-order chi connectivity index (χ0) is 29.7. The van der Waals surface area contributed by atoms with E-state index in [2.05, 4.69) is 70.2 Å². The molecular weight excluding hydrogens is 544 g/mol. The van der Waals surface area contributed by atoms with Crippen LogP contribution in [0.2, 0.25) is 0 Å². The Morgan fingerprint density at radius 2 is 0.477 bits per heavy atom. The molecule has 0 spiro atoms. The second-order valence-electron chi connectivity index (χ2n) is 17.8. The molecule has 0 amide bonds. The molecular formula is C36H64N8. The van der Waals surface area contributed by atoms with Gasteiger partial charge in [-0.05, 0) is 96.7 Å². The minimum absolute atomic E-state index is 0.376. The topological polar surface area (TPSA) is 96.2 Å². The molecule has 248 valence electrons. The van der Waals surface area contributed by atoms with Crippen molar-refractivity contribution >= 4 is 0 Å². The monoisotopic (exact) mass is 609 g/mol. The maximum absolute atomic E-state index is 4.34. The Balaban J connectivity index is 1.08. The Bertz CT molecular complexity index is 886. The summed E-state index contributed by atoms with van der Waals surface area (Å²) in [5.74, 6) is 8.66. The van der Waals surface area contributed by atoms with Crippen molar-refractivity contribution in [2.24, 2.45) is 71.0 Å². The van der Waals surface area contributed by atoms with E-state index < -0.39 is 0 Å². The largest absolute Gasteiger partial charge is 0.286 e. The molecule has 9 rings (SSSR count). The number of fused-ring (bicyclic) bond motifs is 20. The molecule has 5 aliphatic heterocycles. The number of nitrogens with one attached hydrogen (secondary N) is 8. The lowest BCUT2D eigenvalue weighted by Crippen LogP contribution is -2.62. The third kappa shape index (κ3) is 4.82. The van der Waals surface area contributed by atoms with Crippen LogP contribution in [0.1, 0.15) is 105 Å². The highest BCUT2D eigenvalue weighted by atomic mass is 15.4. The van der Waals surface area contributed by atoms with Crippen LogP contribution in [0.3, 0.4) is 0 Å². The van der Waals surface area contributed by atoms with Crippen LogP contribution in [-0.4, -0.2) is 49.3 Å². The summed E-state index contributed by atoms with van der Waals surface area (Å²) in [5, 5.41) is 34.3. The maximum Gasteiger partial charge on any atom is 0.0631 e. The van der Waals surface area contributed by atoms with Crippen LogP contribution in [-0.2, 0) is 0 Å². The third-order valence-electron chi connectivity index (χ3n) is 15.5. The van der Waals surface area contributed by atoms with Crippen molar-refractivity contribution in [2.45, 2.75) is 154 Å². The van der Waals surface area contributed by atoms with Crippen molar-refractivity contribution in [2.75, 3.05) is 0 Å². The van der Waals surface area contributed by atoms with Crippen LogP contribution >= 0.6 is 0 Å². The van der Waals surface area contributed by atoms with E-state index in [9.17, 15) is 0 Å². The van der Waals surface area contributed by atoms with Gasteiger partial charge in [0.25, 0.3) is 0 Å². The molecule has 0 aromatic carbocycles. The number of rotatable bonds is 0. The Morgan fingerprint density at radius 1 is 0.273 bits per heavy atom. The molecule has 44 heavy (non-hydrogen) atoms. The van der Waals surface area contributed by atoms with Gasteiger partial charge < -0.3 is 0 Å². The van der Waals surface area contributed by atoms with Gasteiger partial charge in [-0.25, -0.2) is 0 Å². The van der Waals surface area contributed by atoms with Crippen molar-refractivity contribution in [3.05, 3.63) is 0 Å². The zero-order valence-corrected chi connectivity index (χ0v) is 28.0. The average molecular weight is 609 g/mol. The van der Waals surface area contributed by atoms with Gasteiger partial charge in [0.2, 0.25) is 0 Å². The highest BCUT2D eigenvalue weighted by Crippen LogP contribution is 2.48. The zero-order valence-electron chi connectivity index (χ0n) is 28.0. The Kier molecular flexibility index (Phi) is 7.91. The van der Waals surface area contributed by atoms with Crippen molar-refractivity contribution in [1.82, 2.24) is 42.5 Å². The van der Waals surface area contributed by atoms with Crippen LogP contribution in [0.25, 0.3) is 0 Å². The fourth-order valence-corrected chi connectivity index (χ4v) is 13.6. The fraction of sp³-hybridized carbons (Fsp3) is 1.00. The molecule has 20 unspecified atom stereocenters. The van der Waals surface area contributed by atoms with Crippen molar-refractivity contribution < 1.29 is 0 Å². The van der Waals surface area contributed by atoms with E-state index in [1.807, 2.05) is 0 Å². The van der Waals surface area contributed by atoms with Crippen molar-refractivity contribution in [3.8, 4) is 0 Å². The number of hydrogen-bond donors (Lipinski definition) is 8. The van der Waals surface area contributed by atoms with E-state index in [1.165, 1.54) is 77.0 Å². The van der Waals surface area contributed by atoms with E-state index >= 15 is 0 Å². The second-order valence-corrected chi connectivity index (χ2v) is 17.8. The Morgan fingerprint density at radius 3 is 0.727 bits per heavy atom. The van der Waals surface area contributed by atoms with Crippen molar-refractivity contribution in [1.29, 1.82) is 0 Å². The summed E-state index contributed by atoms with van der Waals surface area (Å²) < 4.78 is 0. The van der Waals surface area contributed by atoms with Gasteiger partial charge in [-0.15, -0.1) is 0 Å². The van der Waals surface area contributed by atoms with E-state index in [0.717, 1.165) is 23.7 Å². The lowest BCUT2D eigenvalue weighted by atomic mass is 9.70. The van der Waals surface area contributed by atoms with Gasteiger partial charge in [-0.2, -0.15) is 0 Å². The summed E-state index contributed by atoms with van der Waals surface area (Å²) in [7, 11) is 0. The van der Waals surface area contributed by atoms with E-state index in [-0.39, 0.29) is 0 Å². The van der Waals surface area contributed by atoms with Crippen LogP contribution in [0, 0.1) is 71.0 Å². The lowest BCUT2D eigenvalue weighted by molar-refractivity contribution is 0.110. The SMILES string of the molecule is CC1CCCC2C3NC4NC(NC5NC(NC6NC(NC(N3)C12)C1C(C)CCCC61)C1CCCC(C)C51)C1C(C)CCCC41. The first-order chi connectivity index (χ1) is 21.4. The molecule has 8 bridgehead atoms. The first kappa shape index (κ1) is 29.8. The van der Waals surface area contributed by atoms with E-state index in [4.69, 9.17) is 0 Å². The fourth-order valence-electron chi connectivity index (χ4n) is 13.6. The van der Waals surface area contributed by atoms with Gasteiger partial charge in [0.15, 0.2) is 0 Å². The van der Waals surface area contributed by atoms with Crippen LogP contribution in [0.4, 0.5) is 0 Å². The normalized spacial score (nSPS) is 60.3. The Labute approximate surface area is 267 Å². The minimum atomic E-state index is 0.376. The molecule has 9 aliphatic rings. The predicted octanol–water partition coefficient (Wildman–Crippen LogP) is 3.59. The first-order valence-electron chi connectivity index (χ1n) is 19.5. The molecule has 20 atom stereocenters. The summed E-state index contributed by atoms with van der Waals surface area (Å²) >= 11 is 0. The molecule has 8 N–H and O–H groups in total. The molecule has 8 nitrogen and oxygen atoms in total. The molecule has 0 aromatic rings. The molecule has 4 saturated carbocycles. The van der Waals surface area contributed by atoms with Crippen LogP contribution in [0.15, 0.2) is 0 Å². The molecule has 9 fully saturated rings. The second kappa shape index (κ2) is 11.7. The summed E-state index contributed by atoms with van der Waals surface area (Å²) in [4.78, 5) is 0. The quantitative estimate of drug-likeness (QED) is 0.212. The van der Waals surface area contributed by atoms with Gasteiger partial charge in [0.1, 0.15) is 0 Å². The highest BCUT2D eigenvalue weighted by Gasteiger charge is 2.56. The average Bonchev–Trinajstić information content (AvgIpc) is 3.74. The maximum atomic E-state index is 4.34. The summed E-state index contributed by atoms with van der Waals surface area (Å²) in [6.07, 6.45) is 19.5. The van der Waals surface area contributed by atoms with Gasteiger partial charge in [0, 0.05) is 0 Å². The molecule has 5 heterocycles. The van der Waals surface area contributed by atoms with E-state index in [1.54, 1.807) is 0 Å². The molecule has 8 heteroatoms. The van der Waals surface area contributed by atoms with Crippen LogP contribution in [0.5, 0.6) is 0 Å².